The molecule has 0 saturated carbocycles. The quantitative estimate of drug-likeness (QED) is 0.210. The molecule has 0 aliphatic rings. The molecule has 3 aromatic rings. The molecule has 0 aromatic heterocycles. The van der Waals surface area contributed by atoms with Gasteiger partial charge in [-0.1, -0.05) is 24.3 Å². The molecule has 3 aromatic carbocycles. The van der Waals surface area contributed by atoms with Crippen molar-refractivity contribution in [3.63, 3.8) is 0 Å². The summed E-state index contributed by atoms with van der Waals surface area (Å²) in [4.78, 5) is 26.1. The number of nitrogens with one attached hydrogen (secondary N) is 2. The second-order valence-electron chi connectivity index (χ2n) is 7.19. The topological polar surface area (TPSA) is 101 Å². The second kappa shape index (κ2) is 14.6. The van der Waals surface area contributed by atoms with Crippen molar-refractivity contribution in [1.29, 1.82) is 0 Å². The van der Waals surface area contributed by atoms with Gasteiger partial charge in [-0.25, -0.2) is 10.9 Å². The van der Waals surface area contributed by atoms with Crippen LogP contribution in [0.15, 0.2) is 92.8 Å². The minimum Gasteiger partial charge on any atom is -0.484 e. The van der Waals surface area contributed by atoms with Gasteiger partial charge >= 0.3 is 0 Å². The number of hydrazone groups is 2. The molecular formula is C26H26N4O4S2. The van der Waals surface area contributed by atoms with Gasteiger partial charge in [-0.3, -0.25) is 9.59 Å². The number of ether oxygens (including phenoxy) is 2. The van der Waals surface area contributed by atoms with Gasteiger partial charge in [-0.2, -0.15) is 10.2 Å². The molecule has 2 amide bonds. The van der Waals surface area contributed by atoms with Crippen LogP contribution in [0, 0.1) is 0 Å². The standard InChI is InChI=1S/C26H26N4O4S2/c1-35-23-7-3-5-19(13-23)15-27-29-25(31)17-33-21-9-11-22(12-10-21)34-18-26(32)30-28-16-20-6-4-8-24(14-20)36-2/h3-16H,17-18H2,1-2H3,(H,29,31)(H,30,32). The number of rotatable bonds is 12. The van der Waals surface area contributed by atoms with E-state index in [-0.39, 0.29) is 25.0 Å². The molecule has 186 valence electrons. The lowest BCUT2D eigenvalue weighted by atomic mass is 10.2. The predicted octanol–water partition coefficient (Wildman–Crippen LogP) is 4.19. The first-order valence-electron chi connectivity index (χ1n) is 10.8. The van der Waals surface area contributed by atoms with Crippen LogP contribution in [-0.4, -0.2) is 50.0 Å². The molecule has 0 heterocycles. The zero-order valence-corrected chi connectivity index (χ0v) is 21.5. The highest BCUT2D eigenvalue weighted by Gasteiger charge is 2.04. The van der Waals surface area contributed by atoms with Crippen LogP contribution < -0.4 is 20.3 Å². The molecule has 0 fully saturated rings. The van der Waals surface area contributed by atoms with Crippen molar-refractivity contribution < 1.29 is 19.1 Å². The molecule has 0 spiro atoms. The molecule has 0 bridgehead atoms. The van der Waals surface area contributed by atoms with Crippen LogP contribution in [0.3, 0.4) is 0 Å². The third-order valence-electron chi connectivity index (χ3n) is 4.56. The van der Waals surface area contributed by atoms with Crippen LogP contribution in [0.5, 0.6) is 11.5 Å². The third kappa shape index (κ3) is 9.47. The smallest absolute Gasteiger partial charge is 0.277 e. The van der Waals surface area contributed by atoms with Crippen LogP contribution in [-0.2, 0) is 9.59 Å². The van der Waals surface area contributed by atoms with Gasteiger partial charge in [0.2, 0.25) is 0 Å². The Morgan fingerprint density at radius 2 is 1.14 bits per heavy atom. The van der Waals surface area contributed by atoms with E-state index in [0.717, 1.165) is 20.9 Å². The molecule has 0 unspecified atom stereocenters. The van der Waals surface area contributed by atoms with Gasteiger partial charge in [0.1, 0.15) is 11.5 Å². The van der Waals surface area contributed by atoms with Gasteiger partial charge in [0.25, 0.3) is 11.8 Å². The summed E-state index contributed by atoms with van der Waals surface area (Å²) in [6.07, 6.45) is 7.15. The molecular weight excluding hydrogens is 496 g/mol. The largest absolute Gasteiger partial charge is 0.484 e. The molecule has 2 N–H and O–H groups in total. The number of carbonyl (C=O) groups excluding carboxylic acids is 2. The van der Waals surface area contributed by atoms with Crippen molar-refractivity contribution in [2.75, 3.05) is 25.7 Å². The van der Waals surface area contributed by atoms with E-state index in [9.17, 15) is 9.59 Å². The average Bonchev–Trinajstić information content (AvgIpc) is 2.91. The van der Waals surface area contributed by atoms with Crippen LogP contribution in [0.1, 0.15) is 11.1 Å². The van der Waals surface area contributed by atoms with Crippen molar-refractivity contribution in [3.05, 3.63) is 83.9 Å². The Morgan fingerprint density at radius 3 is 1.53 bits per heavy atom. The highest BCUT2D eigenvalue weighted by atomic mass is 32.2. The molecule has 0 aliphatic heterocycles. The molecule has 8 nitrogen and oxygen atoms in total. The Balaban J connectivity index is 1.36. The first-order valence-corrected chi connectivity index (χ1v) is 13.3. The maximum Gasteiger partial charge on any atom is 0.277 e. The highest BCUT2D eigenvalue weighted by molar-refractivity contribution is 7.98. The van der Waals surface area contributed by atoms with Gasteiger partial charge in [0.15, 0.2) is 13.2 Å². The van der Waals surface area contributed by atoms with Crippen LogP contribution in [0.25, 0.3) is 0 Å². The zero-order valence-electron chi connectivity index (χ0n) is 19.8. The Morgan fingerprint density at radius 1 is 0.722 bits per heavy atom. The Kier molecular flexibility index (Phi) is 10.9. The van der Waals surface area contributed by atoms with Gasteiger partial charge in [-0.05, 0) is 72.2 Å². The maximum atomic E-state index is 11.9. The minimum absolute atomic E-state index is 0.192. The van der Waals surface area contributed by atoms with E-state index in [1.807, 2.05) is 61.0 Å². The van der Waals surface area contributed by atoms with E-state index in [4.69, 9.17) is 9.47 Å². The fraction of sp³-hybridized carbons (Fsp3) is 0.154. The number of nitrogens with zero attached hydrogens (tertiary/aromatic N) is 2. The summed E-state index contributed by atoms with van der Waals surface area (Å²) in [5, 5.41) is 7.90. The van der Waals surface area contributed by atoms with Crippen molar-refractivity contribution in [3.8, 4) is 11.5 Å². The second-order valence-corrected chi connectivity index (χ2v) is 8.95. The molecule has 36 heavy (non-hydrogen) atoms. The number of amides is 2. The summed E-state index contributed by atoms with van der Waals surface area (Å²) in [6, 6.07) is 22.2. The summed E-state index contributed by atoms with van der Waals surface area (Å²) in [5.74, 6) is 0.196. The molecule has 10 heteroatoms. The number of hydrogen-bond acceptors (Lipinski definition) is 8. The summed E-state index contributed by atoms with van der Waals surface area (Å²) >= 11 is 3.27. The maximum absolute atomic E-state index is 11.9. The number of hydrogen-bond donors (Lipinski definition) is 2. The first kappa shape index (κ1) is 26.8. The first-order chi connectivity index (χ1) is 17.6. The SMILES string of the molecule is CSc1cccc(C=NNC(=O)COc2ccc(OCC(=O)NN=Cc3cccc(SC)c3)cc2)c1. The van der Waals surface area contributed by atoms with E-state index in [2.05, 4.69) is 21.1 Å². The van der Waals surface area contributed by atoms with E-state index < -0.39 is 0 Å². The fourth-order valence-electron chi connectivity index (χ4n) is 2.80. The lowest BCUT2D eigenvalue weighted by Gasteiger charge is -2.08. The van der Waals surface area contributed by atoms with Gasteiger partial charge < -0.3 is 9.47 Å². The van der Waals surface area contributed by atoms with E-state index >= 15 is 0 Å². The molecule has 3 rings (SSSR count). The summed E-state index contributed by atoms with van der Waals surface area (Å²) in [6.45, 7) is -0.384. The lowest BCUT2D eigenvalue weighted by molar-refractivity contribution is -0.123. The lowest BCUT2D eigenvalue weighted by Crippen LogP contribution is -2.25. The van der Waals surface area contributed by atoms with E-state index in [1.54, 1.807) is 60.2 Å². The summed E-state index contributed by atoms with van der Waals surface area (Å²) < 4.78 is 10.9. The molecule has 0 atom stereocenters. The fourth-order valence-corrected chi connectivity index (χ4v) is 3.73. The monoisotopic (exact) mass is 522 g/mol. The summed E-state index contributed by atoms with van der Waals surface area (Å²) in [7, 11) is 0. The molecule has 0 radical (unpaired) electrons. The number of thioether (sulfide) groups is 2. The normalized spacial score (nSPS) is 10.9. The van der Waals surface area contributed by atoms with Crippen molar-refractivity contribution in [2.24, 2.45) is 10.2 Å². The third-order valence-corrected chi connectivity index (χ3v) is 6.01. The predicted molar refractivity (Wildman–Crippen MR) is 145 cm³/mol. The van der Waals surface area contributed by atoms with E-state index in [0.29, 0.717) is 11.5 Å². The Labute approximate surface area is 218 Å². The van der Waals surface area contributed by atoms with Gasteiger partial charge in [0, 0.05) is 9.79 Å². The highest BCUT2D eigenvalue weighted by Crippen LogP contribution is 2.18. The van der Waals surface area contributed by atoms with Crippen LogP contribution in [0.4, 0.5) is 0 Å². The molecule has 0 aliphatic carbocycles. The minimum atomic E-state index is -0.384. The van der Waals surface area contributed by atoms with Crippen LogP contribution >= 0.6 is 23.5 Å². The zero-order chi connectivity index (χ0) is 25.6. The number of carbonyl (C=O) groups is 2. The van der Waals surface area contributed by atoms with Crippen molar-refractivity contribution in [2.45, 2.75) is 9.79 Å². The van der Waals surface area contributed by atoms with Crippen LogP contribution in [0.2, 0.25) is 0 Å². The Bertz CT molecular complexity index is 1120. The van der Waals surface area contributed by atoms with Crippen molar-refractivity contribution in [1.82, 2.24) is 10.9 Å². The molecule has 0 saturated heterocycles. The Hall–Kier alpha value is -3.76. The van der Waals surface area contributed by atoms with Crippen molar-refractivity contribution >= 4 is 47.8 Å². The average molecular weight is 523 g/mol. The van der Waals surface area contributed by atoms with E-state index in [1.165, 1.54) is 0 Å². The van der Waals surface area contributed by atoms with Gasteiger partial charge in [-0.15, -0.1) is 23.5 Å². The van der Waals surface area contributed by atoms with Gasteiger partial charge in [0.05, 0.1) is 12.4 Å². The number of benzene rings is 3. The summed E-state index contributed by atoms with van der Waals surface area (Å²) in [5.41, 5.74) is 6.64.